The zero-order valence-corrected chi connectivity index (χ0v) is 11.6. The van der Waals surface area contributed by atoms with E-state index in [0.717, 1.165) is 16.8 Å². The number of aryl methyl sites for hydroxylation is 1. The molecule has 0 unspecified atom stereocenters. The van der Waals surface area contributed by atoms with Crippen LogP contribution in [0.1, 0.15) is 29.8 Å². The molecule has 0 N–H and O–H groups in total. The van der Waals surface area contributed by atoms with Gasteiger partial charge in [0.2, 0.25) is 0 Å². The third kappa shape index (κ3) is 3.02. The summed E-state index contributed by atoms with van der Waals surface area (Å²) < 4.78 is 0. The van der Waals surface area contributed by atoms with Crippen molar-refractivity contribution < 1.29 is 4.79 Å². The van der Waals surface area contributed by atoms with Gasteiger partial charge in [0.05, 0.1) is 0 Å². The van der Waals surface area contributed by atoms with Crippen LogP contribution in [0.3, 0.4) is 0 Å². The molecule has 2 aromatic carbocycles. The summed E-state index contributed by atoms with van der Waals surface area (Å²) in [6.07, 6.45) is 0. The van der Waals surface area contributed by atoms with Gasteiger partial charge in [0, 0.05) is 17.3 Å². The predicted octanol–water partition coefficient (Wildman–Crippen LogP) is 4.05. The molecule has 0 aromatic heterocycles. The molecule has 0 atom stereocenters. The number of hydrogen-bond donors (Lipinski definition) is 0. The Labute approximate surface area is 114 Å². The maximum Gasteiger partial charge on any atom is 0.258 e. The summed E-state index contributed by atoms with van der Waals surface area (Å²) in [5.74, 6) is 0.0462. The number of amides is 1. The van der Waals surface area contributed by atoms with Gasteiger partial charge in [-0.15, -0.1) is 0 Å². The fourth-order valence-electron chi connectivity index (χ4n) is 2.16. The Morgan fingerprint density at radius 2 is 1.68 bits per heavy atom. The highest BCUT2D eigenvalue weighted by molar-refractivity contribution is 6.06. The Bertz CT molecular complexity index is 560. The van der Waals surface area contributed by atoms with Crippen molar-refractivity contribution in [2.45, 2.75) is 26.8 Å². The van der Waals surface area contributed by atoms with Crippen molar-refractivity contribution in [1.82, 2.24) is 0 Å². The maximum atomic E-state index is 12.7. The fraction of sp³-hybridized carbons (Fsp3) is 0.235. The molecule has 2 nitrogen and oxygen atoms in total. The number of hydrogen-bond acceptors (Lipinski definition) is 1. The first-order valence-electron chi connectivity index (χ1n) is 6.55. The number of para-hydroxylation sites is 1. The molecule has 0 aliphatic rings. The molecule has 1 amide bonds. The molecule has 0 aliphatic heterocycles. The van der Waals surface area contributed by atoms with Gasteiger partial charge in [-0.1, -0.05) is 35.9 Å². The Kier molecular flexibility index (Phi) is 4.00. The summed E-state index contributed by atoms with van der Waals surface area (Å²) in [7, 11) is 0. The number of carbonyl (C=O) groups excluding carboxylic acids is 1. The molecule has 98 valence electrons. The van der Waals surface area contributed by atoms with Crippen LogP contribution in [-0.2, 0) is 0 Å². The van der Waals surface area contributed by atoms with E-state index in [4.69, 9.17) is 0 Å². The lowest BCUT2D eigenvalue weighted by Crippen LogP contribution is -2.37. The monoisotopic (exact) mass is 253 g/mol. The minimum Gasteiger partial charge on any atom is -0.306 e. The normalized spacial score (nSPS) is 10.5. The average Bonchev–Trinajstić information content (AvgIpc) is 2.39. The van der Waals surface area contributed by atoms with E-state index in [1.165, 1.54) is 0 Å². The Hall–Kier alpha value is -2.09. The summed E-state index contributed by atoms with van der Waals surface area (Å²) in [5, 5.41) is 0. The van der Waals surface area contributed by atoms with Crippen molar-refractivity contribution in [1.29, 1.82) is 0 Å². The topological polar surface area (TPSA) is 20.3 Å². The highest BCUT2D eigenvalue weighted by Gasteiger charge is 2.20. The minimum absolute atomic E-state index is 0.0462. The van der Waals surface area contributed by atoms with Crippen LogP contribution in [-0.4, -0.2) is 11.9 Å². The quantitative estimate of drug-likeness (QED) is 0.808. The van der Waals surface area contributed by atoms with Gasteiger partial charge in [-0.2, -0.15) is 0 Å². The summed E-state index contributed by atoms with van der Waals surface area (Å²) in [5.41, 5.74) is 2.77. The molecular formula is C17H19NO. The number of nitrogens with zero attached hydrogens (tertiary/aromatic N) is 1. The second-order valence-corrected chi connectivity index (χ2v) is 4.97. The Balaban J connectivity index is 2.38. The van der Waals surface area contributed by atoms with Crippen LogP contribution in [0.5, 0.6) is 0 Å². The molecule has 0 aliphatic carbocycles. The van der Waals surface area contributed by atoms with Gasteiger partial charge in [-0.05, 0) is 45.0 Å². The molecule has 0 spiro atoms. The highest BCUT2D eigenvalue weighted by atomic mass is 16.2. The summed E-state index contributed by atoms with van der Waals surface area (Å²) in [6, 6.07) is 17.6. The van der Waals surface area contributed by atoms with Gasteiger partial charge in [0.15, 0.2) is 0 Å². The van der Waals surface area contributed by atoms with Crippen LogP contribution in [0.15, 0.2) is 54.6 Å². The second kappa shape index (κ2) is 5.70. The van der Waals surface area contributed by atoms with Crippen LogP contribution in [0, 0.1) is 6.92 Å². The van der Waals surface area contributed by atoms with Gasteiger partial charge in [-0.3, -0.25) is 4.79 Å². The summed E-state index contributed by atoms with van der Waals surface area (Å²) >= 11 is 0. The smallest absolute Gasteiger partial charge is 0.258 e. The van der Waals surface area contributed by atoms with Crippen molar-refractivity contribution >= 4 is 11.6 Å². The first kappa shape index (κ1) is 13.3. The zero-order valence-electron chi connectivity index (χ0n) is 11.6. The molecule has 2 heteroatoms. The van der Waals surface area contributed by atoms with E-state index in [-0.39, 0.29) is 11.9 Å². The lowest BCUT2D eigenvalue weighted by molar-refractivity contribution is 0.0980. The van der Waals surface area contributed by atoms with E-state index >= 15 is 0 Å². The van der Waals surface area contributed by atoms with E-state index in [1.807, 2.05) is 80.3 Å². The average molecular weight is 253 g/mol. The third-order valence-corrected chi connectivity index (χ3v) is 3.03. The molecule has 0 radical (unpaired) electrons. The Morgan fingerprint density at radius 3 is 2.26 bits per heavy atom. The van der Waals surface area contributed by atoms with E-state index < -0.39 is 0 Å². The summed E-state index contributed by atoms with van der Waals surface area (Å²) in [4.78, 5) is 14.5. The van der Waals surface area contributed by atoms with Crippen LogP contribution >= 0.6 is 0 Å². The first-order valence-corrected chi connectivity index (χ1v) is 6.55. The number of anilines is 1. The molecule has 0 saturated heterocycles. The van der Waals surface area contributed by atoms with Gasteiger partial charge in [0.25, 0.3) is 5.91 Å². The van der Waals surface area contributed by atoms with Gasteiger partial charge < -0.3 is 4.90 Å². The minimum atomic E-state index is 0.0462. The van der Waals surface area contributed by atoms with Crippen LogP contribution in [0.4, 0.5) is 5.69 Å². The SMILES string of the molecule is Cc1cccc(C(=O)N(c2ccccc2)C(C)C)c1. The maximum absolute atomic E-state index is 12.7. The van der Waals surface area contributed by atoms with Gasteiger partial charge in [-0.25, -0.2) is 0 Å². The Morgan fingerprint density at radius 1 is 1.00 bits per heavy atom. The van der Waals surface area contributed by atoms with Crippen LogP contribution in [0.2, 0.25) is 0 Å². The lowest BCUT2D eigenvalue weighted by Gasteiger charge is -2.27. The molecule has 0 saturated carbocycles. The molecule has 2 aromatic rings. The van der Waals surface area contributed by atoms with Crippen LogP contribution in [0.25, 0.3) is 0 Å². The van der Waals surface area contributed by atoms with E-state index in [0.29, 0.717) is 0 Å². The van der Waals surface area contributed by atoms with Crippen molar-refractivity contribution in [3.05, 3.63) is 65.7 Å². The molecule has 0 fully saturated rings. The van der Waals surface area contributed by atoms with E-state index in [2.05, 4.69) is 0 Å². The largest absolute Gasteiger partial charge is 0.306 e. The molecule has 0 heterocycles. The molecular weight excluding hydrogens is 234 g/mol. The van der Waals surface area contributed by atoms with E-state index in [9.17, 15) is 4.79 Å². The van der Waals surface area contributed by atoms with E-state index in [1.54, 1.807) is 0 Å². The predicted molar refractivity (Wildman–Crippen MR) is 79.6 cm³/mol. The number of carbonyl (C=O) groups is 1. The fourth-order valence-corrected chi connectivity index (χ4v) is 2.16. The zero-order chi connectivity index (χ0) is 13.8. The van der Waals surface area contributed by atoms with Crippen molar-refractivity contribution in [2.75, 3.05) is 4.90 Å². The first-order chi connectivity index (χ1) is 9.09. The molecule has 0 bridgehead atoms. The third-order valence-electron chi connectivity index (χ3n) is 3.03. The lowest BCUT2D eigenvalue weighted by atomic mass is 10.1. The van der Waals surface area contributed by atoms with Crippen molar-refractivity contribution in [2.24, 2.45) is 0 Å². The highest BCUT2D eigenvalue weighted by Crippen LogP contribution is 2.20. The second-order valence-electron chi connectivity index (χ2n) is 4.97. The summed E-state index contributed by atoms with van der Waals surface area (Å²) in [6.45, 7) is 6.06. The van der Waals surface area contributed by atoms with Crippen molar-refractivity contribution in [3.63, 3.8) is 0 Å². The number of rotatable bonds is 3. The number of benzene rings is 2. The standard InChI is InChI=1S/C17H19NO/c1-13(2)18(16-10-5-4-6-11-16)17(19)15-9-7-8-14(3)12-15/h4-13H,1-3H3. The van der Waals surface area contributed by atoms with Gasteiger partial charge in [0.1, 0.15) is 0 Å². The van der Waals surface area contributed by atoms with Gasteiger partial charge >= 0.3 is 0 Å². The molecule has 2 rings (SSSR count). The molecule has 19 heavy (non-hydrogen) atoms. The van der Waals surface area contributed by atoms with Crippen molar-refractivity contribution in [3.8, 4) is 0 Å². The van der Waals surface area contributed by atoms with Crippen LogP contribution < -0.4 is 4.90 Å².